The molecular weight excluding hydrogens is 967 g/mol. The normalized spacial score (nSPS) is 25.1. The molecule has 76 heavy (non-hydrogen) atoms. The third kappa shape index (κ3) is 33.1. The second-order valence-electron chi connectivity index (χ2n) is 22.2. The summed E-state index contributed by atoms with van der Waals surface area (Å²) in [6, 6.07) is -0.913. The van der Waals surface area contributed by atoms with Gasteiger partial charge in [-0.1, -0.05) is 237 Å². The van der Waals surface area contributed by atoms with E-state index in [9.17, 15) is 45.6 Å². The molecule has 0 bridgehead atoms. The van der Waals surface area contributed by atoms with Crippen molar-refractivity contribution in [2.75, 3.05) is 19.8 Å². The third-order valence-corrected chi connectivity index (χ3v) is 15.3. The zero-order valence-corrected chi connectivity index (χ0v) is 48.0. The van der Waals surface area contributed by atoms with E-state index in [0.29, 0.717) is 6.42 Å². The second kappa shape index (κ2) is 48.0. The molecule has 2 heterocycles. The molecule has 0 saturated carbocycles. The molecular formula is C62H115NO13. The van der Waals surface area contributed by atoms with Crippen molar-refractivity contribution in [3.8, 4) is 0 Å². The van der Waals surface area contributed by atoms with Crippen LogP contribution in [-0.4, -0.2) is 140 Å². The van der Waals surface area contributed by atoms with Crippen molar-refractivity contribution < 1.29 is 64.6 Å². The average molecular weight is 1080 g/mol. The fraction of sp³-hybridized carbons (Fsp3) is 0.887. The minimum absolute atomic E-state index is 0.237. The number of ether oxygens (including phenoxy) is 4. The Balaban J connectivity index is 1.70. The summed E-state index contributed by atoms with van der Waals surface area (Å²) in [6.07, 6.45) is 41.8. The molecule has 0 spiro atoms. The number of carbonyl (C=O) groups excluding carboxylic acids is 1. The lowest BCUT2D eigenvalue weighted by atomic mass is 9.97. The van der Waals surface area contributed by atoms with E-state index in [-0.39, 0.29) is 18.9 Å². The molecule has 12 unspecified atom stereocenters. The molecule has 2 aliphatic heterocycles. The van der Waals surface area contributed by atoms with E-state index in [1.165, 1.54) is 186 Å². The maximum atomic E-state index is 13.3. The maximum Gasteiger partial charge on any atom is 0.220 e. The summed E-state index contributed by atoms with van der Waals surface area (Å²) < 4.78 is 22.8. The predicted molar refractivity (Wildman–Crippen MR) is 305 cm³/mol. The van der Waals surface area contributed by atoms with Gasteiger partial charge in [0.05, 0.1) is 32.0 Å². The van der Waals surface area contributed by atoms with E-state index in [2.05, 4.69) is 43.5 Å². The van der Waals surface area contributed by atoms with Gasteiger partial charge in [-0.2, -0.15) is 0 Å². The van der Waals surface area contributed by atoms with E-state index < -0.39 is 86.8 Å². The van der Waals surface area contributed by atoms with Crippen LogP contribution in [0.3, 0.4) is 0 Å². The minimum atomic E-state index is -1.79. The number of hydrogen-bond acceptors (Lipinski definition) is 13. The van der Waals surface area contributed by atoms with Crippen LogP contribution in [0.2, 0.25) is 0 Å². The first kappa shape index (κ1) is 70.3. The van der Waals surface area contributed by atoms with Crippen molar-refractivity contribution in [2.24, 2.45) is 0 Å². The lowest BCUT2D eigenvalue weighted by Crippen LogP contribution is -2.65. The van der Waals surface area contributed by atoms with Crippen molar-refractivity contribution in [3.05, 3.63) is 36.5 Å². The van der Waals surface area contributed by atoms with Crippen LogP contribution >= 0.6 is 0 Å². The summed E-state index contributed by atoms with van der Waals surface area (Å²) in [5.74, 6) is -0.237. The summed E-state index contributed by atoms with van der Waals surface area (Å²) >= 11 is 0. The Morgan fingerprint density at radius 1 is 0.474 bits per heavy atom. The minimum Gasteiger partial charge on any atom is -0.394 e. The Morgan fingerprint density at radius 3 is 1.32 bits per heavy atom. The first-order valence-electron chi connectivity index (χ1n) is 31.2. The number of amides is 1. The van der Waals surface area contributed by atoms with Crippen LogP contribution in [0.15, 0.2) is 36.5 Å². The third-order valence-electron chi connectivity index (χ3n) is 15.3. The van der Waals surface area contributed by atoms with Crippen molar-refractivity contribution in [3.63, 3.8) is 0 Å². The molecule has 9 N–H and O–H groups in total. The standard InChI is InChI=1S/C62H115NO13/c1-3-5-7-9-11-13-15-17-19-20-21-22-23-24-25-26-27-28-29-30-32-34-36-38-40-42-44-46-54(67)63-50(51(66)45-43-41-39-37-35-33-31-18-16-14-12-10-8-6-4-2)49-73-61-59(72)57(70)60(53(48-65)75-61)76-62-58(71)56(69)55(68)52(47-64)74-62/h15,17,20-21,43,45,50-53,55-62,64-66,68-72H,3-14,16,18-19,22-42,44,46-49H2,1-2H3,(H,63,67)/b17-15-,21-20-,45-43+. The Labute approximate surface area is 461 Å². The molecule has 0 aliphatic carbocycles. The van der Waals surface area contributed by atoms with E-state index in [1.54, 1.807) is 6.08 Å². The van der Waals surface area contributed by atoms with Gasteiger partial charge in [0.2, 0.25) is 5.91 Å². The number of rotatable bonds is 50. The van der Waals surface area contributed by atoms with Crippen LogP contribution in [0, 0.1) is 0 Å². The van der Waals surface area contributed by atoms with Crippen LogP contribution < -0.4 is 5.32 Å². The van der Waals surface area contributed by atoms with Crippen LogP contribution in [-0.2, 0) is 23.7 Å². The van der Waals surface area contributed by atoms with Gasteiger partial charge in [-0.05, 0) is 51.4 Å². The molecule has 1 amide bonds. The van der Waals surface area contributed by atoms with E-state index >= 15 is 0 Å². The zero-order chi connectivity index (χ0) is 55.3. The first-order chi connectivity index (χ1) is 37.1. The van der Waals surface area contributed by atoms with Crippen molar-refractivity contribution >= 4 is 5.91 Å². The van der Waals surface area contributed by atoms with Gasteiger partial charge in [-0.25, -0.2) is 0 Å². The second-order valence-corrected chi connectivity index (χ2v) is 22.2. The number of unbranched alkanes of at least 4 members (excludes halogenated alkanes) is 33. The smallest absolute Gasteiger partial charge is 0.220 e. The molecule has 12 atom stereocenters. The van der Waals surface area contributed by atoms with Gasteiger partial charge >= 0.3 is 0 Å². The van der Waals surface area contributed by atoms with Crippen LogP contribution in [0.4, 0.5) is 0 Å². The Morgan fingerprint density at radius 2 is 0.868 bits per heavy atom. The van der Waals surface area contributed by atoms with Crippen molar-refractivity contribution in [1.82, 2.24) is 5.32 Å². The van der Waals surface area contributed by atoms with Gasteiger partial charge in [0, 0.05) is 6.42 Å². The lowest BCUT2D eigenvalue weighted by molar-refractivity contribution is -0.359. The van der Waals surface area contributed by atoms with E-state index in [1.807, 2.05) is 6.08 Å². The number of aliphatic hydroxyl groups excluding tert-OH is 8. The fourth-order valence-corrected chi connectivity index (χ4v) is 10.3. The number of carbonyl (C=O) groups is 1. The highest BCUT2D eigenvalue weighted by Crippen LogP contribution is 2.30. The molecule has 0 radical (unpaired) electrons. The predicted octanol–water partition coefficient (Wildman–Crippen LogP) is 11.0. The Bertz CT molecular complexity index is 1410. The summed E-state index contributed by atoms with van der Waals surface area (Å²) in [5, 5.41) is 87.1. The number of aliphatic hydroxyl groups is 8. The highest BCUT2D eigenvalue weighted by molar-refractivity contribution is 5.76. The van der Waals surface area contributed by atoms with Crippen LogP contribution in [0.25, 0.3) is 0 Å². The first-order valence-corrected chi connectivity index (χ1v) is 31.2. The molecule has 0 aromatic heterocycles. The summed E-state index contributed by atoms with van der Waals surface area (Å²) in [7, 11) is 0. The number of nitrogens with one attached hydrogen (secondary N) is 1. The molecule has 2 saturated heterocycles. The summed E-state index contributed by atoms with van der Waals surface area (Å²) in [4.78, 5) is 13.3. The van der Waals surface area contributed by atoms with Crippen LogP contribution in [0.1, 0.15) is 258 Å². The topological polar surface area (TPSA) is 228 Å². The highest BCUT2D eigenvalue weighted by Gasteiger charge is 2.51. The highest BCUT2D eigenvalue weighted by atomic mass is 16.7. The quantitative estimate of drug-likeness (QED) is 0.0204. The summed E-state index contributed by atoms with van der Waals surface area (Å²) in [6.45, 7) is 2.80. The van der Waals surface area contributed by atoms with Gasteiger partial charge in [0.15, 0.2) is 12.6 Å². The van der Waals surface area contributed by atoms with E-state index in [4.69, 9.17) is 18.9 Å². The van der Waals surface area contributed by atoms with E-state index in [0.717, 1.165) is 44.9 Å². The monoisotopic (exact) mass is 1080 g/mol. The van der Waals surface area contributed by atoms with Gasteiger partial charge in [0.1, 0.15) is 48.8 Å². The van der Waals surface area contributed by atoms with Crippen molar-refractivity contribution in [2.45, 2.75) is 331 Å². The zero-order valence-electron chi connectivity index (χ0n) is 48.0. The molecule has 0 aromatic rings. The molecule has 2 aliphatic rings. The van der Waals surface area contributed by atoms with Crippen molar-refractivity contribution in [1.29, 1.82) is 0 Å². The van der Waals surface area contributed by atoms with Gasteiger partial charge < -0.3 is 65.1 Å². The lowest BCUT2D eigenvalue weighted by Gasteiger charge is -2.46. The number of allylic oxidation sites excluding steroid dienone is 5. The largest absolute Gasteiger partial charge is 0.394 e. The van der Waals surface area contributed by atoms with Crippen LogP contribution in [0.5, 0.6) is 0 Å². The van der Waals surface area contributed by atoms with Gasteiger partial charge in [0.25, 0.3) is 0 Å². The molecule has 0 aromatic carbocycles. The van der Waals surface area contributed by atoms with Gasteiger partial charge in [-0.3, -0.25) is 4.79 Å². The maximum absolute atomic E-state index is 13.3. The molecule has 2 fully saturated rings. The number of hydrogen-bond donors (Lipinski definition) is 9. The molecule has 14 nitrogen and oxygen atoms in total. The Hall–Kier alpha value is -1.79. The molecule has 14 heteroatoms. The molecule has 2 rings (SSSR count). The fourth-order valence-electron chi connectivity index (χ4n) is 10.3. The summed E-state index contributed by atoms with van der Waals surface area (Å²) in [5.41, 5.74) is 0. The molecule has 446 valence electrons. The Kier molecular flexibility index (Phi) is 44.4. The SMILES string of the molecule is CCCCCCC/C=C\C/C=C\CCCCCCCCCCCCCCCCCC(=O)NC(COC1OC(CO)C(OC2OC(CO)C(O)C(O)C2O)C(O)C1O)C(O)/C=C/CCCCCCCCCCCCCCC. The van der Waals surface area contributed by atoms with Gasteiger partial charge in [-0.15, -0.1) is 0 Å². The average Bonchev–Trinajstić information content (AvgIpc) is 3.42.